The number of carbonyl (C=O) groups is 1. The van der Waals surface area contributed by atoms with Crippen LogP contribution in [0.4, 0.5) is 13.2 Å². The summed E-state index contributed by atoms with van der Waals surface area (Å²) in [6.45, 7) is -0.166. The standard InChI is InChI=1S/C15H18F3NO3/c16-15(17,18)11-5-2-6-13(7-11)22-9-12(20)8-19-14(21)10-3-1-4-10/h2,5-7,10,12,20H,1,3-4,8-9H2,(H,19,21)/t12-/m1/s1. The summed E-state index contributed by atoms with van der Waals surface area (Å²) < 4.78 is 42.8. The van der Waals surface area contributed by atoms with E-state index in [1.54, 1.807) is 0 Å². The number of hydrogen-bond acceptors (Lipinski definition) is 3. The number of hydrogen-bond donors (Lipinski definition) is 2. The van der Waals surface area contributed by atoms with Crippen LogP contribution in [0.15, 0.2) is 24.3 Å². The number of amides is 1. The van der Waals surface area contributed by atoms with E-state index in [0.29, 0.717) is 0 Å². The Morgan fingerprint density at radius 2 is 2.14 bits per heavy atom. The zero-order valence-electron chi connectivity index (χ0n) is 11.9. The minimum Gasteiger partial charge on any atom is -0.491 e. The second-order valence-corrected chi connectivity index (χ2v) is 5.36. The third kappa shape index (κ3) is 4.62. The molecule has 2 rings (SSSR count). The van der Waals surface area contributed by atoms with Crippen molar-refractivity contribution < 1.29 is 27.8 Å². The van der Waals surface area contributed by atoms with Gasteiger partial charge in [-0.25, -0.2) is 0 Å². The summed E-state index contributed by atoms with van der Waals surface area (Å²) in [6, 6.07) is 4.44. The highest BCUT2D eigenvalue weighted by Crippen LogP contribution is 2.31. The molecule has 0 aromatic heterocycles. The third-order valence-electron chi connectivity index (χ3n) is 3.59. The van der Waals surface area contributed by atoms with E-state index < -0.39 is 17.8 Å². The van der Waals surface area contributed by atoms with Crippen molar-refractivity contribution in [2.24, 2.45) is 5.92 Å². The molecule has 0 bridgehead atoms. The first kappa shape index (κ1) is 16.6. The number of halogens is 3. The van der Waals surface area contributed by atoms with Crippen LogP contribution in [0.5, 0.6) is 5.75 Å². The van der Waals surface area contributed by atoms with Crippen molar-refractivity contribution in [3.8, 4) is 5.75 Å². The van der Waals surface area contributed by atoms with Crippen LogP contribution in [-0.2, 0) is 11.0 Å². The number of aliphatic hydroxyl groups excluding tert-OH is 1. The molecule has 1 aliphatic carbocycles. The smallest absolute Gasteiger partial charge is 0.416 e. The van der Waals surface area contributed by atoms with Gasteiger partial charge in [-0.15, -0.1) is 0 Å². The summed E-state index contributed by atoms with van der Waals surface area (Å²) in [5.74, 6) is -0.0415. The highest BCUT2D eigenvalue weighted by atomic mass is 19.4. The molecule has 1 aliphatic rings. The maximum Gasteiger partial charge on any atom is 0.416 e. The Bertz CT molecular complexity index is 515. The predicted molar refractivity (Wildman–Crippen MR) is 73.3 cm³/mol. The van der Waals surface area contributed by atoms with Gasteiger partial charge in [-0.05, 0) is 31.0 Å². The van der Waals surface area contributed by atoms with Crippen LogP contribution in [0.2, 0.25) is 0 Å². The Morgan fingerprint density at radius 3 is 2.73 bits per heavy atom. The van der Waals surface area contributed by atoms with E-state index in [1.807, 2.05) is 0 Å². The molecule has 0 saturated heterocycles. The molecule has 1 fully saturated rings. The molecule has 22 heavy (non-hydrogen) atoms. The summed E-state index contributed by atoms with van der Waals surface area (Å²) in [6.07, 6.45) is -2.64. The fourth-order valence-electron chi connectivity index (χ4n) is 2.05. The van der Waals surface area contributed by atoms with E-state index in [1.165, 1.54) is 12.1 Å². The SMILES string of the molecule is O=C(NC[C@@H](O)COc1cccc(C(F)(F)F)c1)C1CCC1. The van der Waals surface area contributed by atoms with Gasteiger partial charge in [0, 0.05) is 12.5 Å². The maximum absolute atomic E-state index is 12.5. The lowest BCUT2D eigenvalue weighted by atomic mass is 9.85. The van der Waals surface area contributed by atoms with Crippen LogP contribution in [0, 0.1) is 5.92 Å². The molecule has 7 heteroatoms. The summed E-state index contributed by atoms with van der Waals surface area (Å²) in [7, 11) is 0. The van der Waals surface area contributed by atoms with Crippen molar-refractivity contribution in [2.75, 3.05) is 13.2 Å². The van der Waals surface area contributed by atoms with Crippen molar-refractivity contribution in [3.05, 3.63) is 29.8 Å². The Hall–Kier alpha value is -1.76. The molecule has 2 N–H and O–H groups in total. The van der Waals surface area contributed by atoms with Crippen molar-refractivity contribution in [2.45, 2.75) is 31.5 Å². The molecule has 1 aromatic carbocycles. The molecule has 0 unspecified atom stereocenters. The average molecular weight is 317 g/mol. The molecular formula is C15H18F3NO3. The maximum atomic E-state index is 12.5. The molecule has 1 amide bonds. The fourth-order valence-corrected chi connectivity index (χ4v) is 2.05. The van der Waals surface area contributed by atoms with E-state index in [2.05, 4.69) is 5.32 Å². The minimum atomic E-state index is -4.44. The predicted octanol–water partition coefficient (Wildman–Crippen LogP) is 2.36. The monoisotopic (exact) mass is 317 g/mol. The van der Waals surface area contributed by atoms with Gasteiger partial charge in [-0.3, -0.25) is 4.79 Å². The van der Waals surface area contributed by atoms with Crippen LogP contribution in [0.25, 0.3) is 0 Å². The quantitative estimate of drug-likeness (QED) is 0.847. The van der Waals surface area contributed by atoms with Gasteiger partial charge in [0.15, 0.2) is 0 Å². The molecule has 0 aliphatic heterocycles. The zero-order valence-corrected chi connectivity index (χ0v) is 11.9. The van der Waals surface area contributed by atoms with E-state index >= 15 is 0 Å². The Labute approximate surface area is 126 Å². The van der Waals surface area contributed by atoms with Crippen LogP contribution >= 0.6 is 0 Å². The van der Waals surface area contributed by atoms with E-state index in [4.69, 9.17) is 4.74 Å². The van der Waals surface area contributed by atoms with Crippen molar-refractivity contribution >= 4 is 5.91 Å². The molecule has 1 saturated carbocycles. The van der Waals surface area contributed by atoms with E-state index in [0.717, 1.165) is 31.4 Å². The molecule has 0 radical (unpaired) electrons. The first-order chi connectivity index (χ1) is 10.4. The average Bonchev–Trinajstić information content (AvgIpc) is 2.40. The number of carbonyl (C=O) groups excluding carboxylic acids is 1. The Kier molecular flexibility index (Phi) is 5.28. The topological polar surface area (TPSA) is 58.6 Å². The lowest BCUT2D eigenvalue weighted by Gasteiger charge is -2.24. The number of aliphatic hydroxyl groups is 1. The van der Waals surface area contributed by atoms with Gasteiger partial charge in [-0.2, -0.15) is 13.2 Å². The molecule has 1 aromatic rings. The second kappa shape index (κ2) is 7.00. The van der Waals surface area contributed by atoms with Gasteiger partial charge in [0.25, 0.3) is 0 Å². The number of rotatable bonds is 6. The molecule has 0 heterocycles. The summed E-state index contributed by atoms with van der Waals surface area (Å²) in [5.41, 5.74) is -0.808. The van der Waals surface area contributed by atoms with Crippen molar-refractivity contribution in [1.29, 1.82) is 0 Å². The van der Waals surface area contributed by atoms with Gasteiger partial charge < -0.3 is 15.2 Å². The number of alkyl halides is 3. The zero-order chi connectivity index (χ0) is 16.2. The highest BCUT2D eigenvalue weighted by Gasteiger charge is 2.30. The summed E-state index contributed by atoms with van der Waals surface area (Å²) in [5, 5.41) is 12.3. The Balaban J connectivity index is 1.76. The van der Waals surface area contributed by atoms with Gasteiger partial charge in [0.1, 0.15) is 18.5 Å². The lowest BCUT2D eigenvalue weighted by Crippen LogP contribution is -2.40. The third-order valence-corrected chi connectivity index (χ3v) is 3.59. The molecule has 1 atom stereocenters. The fraction of sp³-hybridized carbons (Fsp3) is 0.533. The highest BCUT2D eigenvalue weighted by molar-refractivity contribution is 5.79. The van der Waals surface area contributed by atoms with Crippen LogP contribution in [0.1, 0.15) is 24.8 Å². The van der Waals surface area contributed by atoms with E-state index in [-0.39, 0.29) is 30.7 Å². The van der Waals surface area contributed by atoms with Gasteiger partial charge in [0.2, 0.25) is 5.91 Å². The number of nitrogens with one attached hydrogen (secondary N) is 1. The normalized spacial score (nSPS) is 16.7. The van der Waals surface area contributed by atoms with Gasteiger partial charge >= 0.3 is 6.18 Å². The van der Waals surface area contributed by atoms with Crippen LogP contribution in [-0.4, -0.2) is 30.3 Å². The van der Waals surface area contributed by atoms with E-state index in [9.17, 15) is 23.1 Å². The first-order valence-electron chi connectivity index (χ1n) is 7.12. The summed E-state index contributed by atoms with van der Waals surface area (Å²) in [4.78, 5) is 11.6. The first-order valence-corrected chi connectivity index (χ1v) is 7.12. The van der Waals surface area contributed by atoms with Crippen molar-refractivity contribution in [1.82, 2.24) is 5.32 Å². The van der Waals surface area contributed by atoms with Gasteiger partial charge in [0.05, 0.1) is 5.56 Å². The minimum absolute atomic E-state index is 0.0221. The molecular weight excluding hydrogens is 299 g/mol. The summed E-state index contributed by atoms with van der Waals surface area (Å²) >= 11 is 0. The number of ether oxygens (including phenoxy) is 1. The van der Waals surface area contributed by atoms with Crippen molar-refractivity contribution in [3.63, 3.8) is 0 Å². The number of benzene rings is 1. The molecule has 0 spiro atoms. The second-order valence-electron chi connectivity index (χ2n) is 5.36. The molecule has 4 nitrogen and oxygen atoms in total. The van der Waals surface area contributed by atoms with Crippen LogP contribution < -0.4 is 10.1 Å². The molecule has 122 valence electrons. The van der Waals surface area contributed by atoms with Crippen LogP contribution in [0.3, 0.4) is 0 Å². The Morgan fingerprint density at radius 1 is 1.41 bits per heavy atom. The lowest BCUT2D eigenvalue weighted by molar-refractivity contribution is -0.137. The van der Waals surface area contributed by atoms with Gasteiger partial charge in [-0.1, -0.05) is 12.5 Å². The largest absolute Gasteiger partial charge is 0.491 e.